The molecule has 0 saturated heterocycles. The van der Waals surface area contributed by atoms with E-state index in [1.54, 1.807) is 11.0 Å². The zero-order valence-corrected chi connectivity index (χ0v) is 17.2. The predicted molar refractivity (Wildman–Crippen MR) is 114 cm³/mol. The molecule has 0 fully saturated rings. The first kappa shape index (κ1) is 24.0. The van der Waals surface area contributed by atoms with E-state index in [0.717, 1.165) is 11.1 Å². The van der Waals surface area contributed by atoms with E-state index < -0.39 is 11.6 Å². The molecule has 8 nitrogen and oxygen atoms in total. The summed E-state index contributed by atoms with van der Waals surface area (Å²) in [5, 5.41) is 17.0. The number of carbonyl (C=O) groups excluding carboxylic acids is 1. The molecular weight excluding hydrogens is 405 g/mol. The number of aliphatic carboxylic acids is 1. The molecule has 1 aliphatic rings. The molecule has 0 saturated carbocycles. The second-order valence-electron chi connectivity index (χ2n) is 7.71. The molecule has 0 atom stereocenters. The Bertz CT molecular complexity index is 968. The van der Waals surface area contributed by atoms with Crippen LogP contribution in [0.2, 0.25) is 5.02 Å². The fourth-order valence-electron chi connectivity index (χ4n) is 2.89. The number of hydrogen-bond donors (Lipinski definition) is 1. The van der Waals surface area contributed by atoms with Gasteiger partial charge >= 0.3 is 30.9 Å². The van der Waals surface area contributed by atoms with E-state index in [0.29, 0.717) is 30.1 Å². The van der Waals surface area contributed by atoms with Gasteiger partial charge in [-0.3, -0.25) is 4.79 Å². The van der Waals surface area contributed by atoms with E-state index in [-0.39, 0.29) is 43.2 Å². The van der Waals surface area contributed by atoms with Crippen LogP contribution in [0.4, 0.5) is 4.79 Å². The van der Waals surface area contributed by atoms with Gasteiger partial charge < -0.3 is 19.2 Å². The summed E-state index contributed by atoms with van der Waals surface area (Å²) in [4.78, 5) is 24.6. The molecule has 1 aromatic carbocycles. The Labute approximate surface area is 191 Å². The minimum absolute atomic E-state index is 0. The predicted octanol–water partition coefficient (Wildman–Crippen LogP) is 3.39. The van der Waals surface area contributed by atoms with Crippen LogP contribution in [0.25, 0.3) is 17.0 Å². The molecule has 0 spiro atoms. The molecule has 1 aliphatic heterocycles. The number of amides is 1. The van der Waals surface area contributed by atoms with E-state index in [2.05, 4.69) is 10.2 Å². The van der Waals surface area contributed by atoms with Gasteiger partial charge in [0, 0.05) is 23.7 Å². The van der Waals surface area contributed by atoms with Crippen molar-refractivity contribution in [3.63, 3.8) is 0 Å². The van der Waals surface area contributed by atoms with E-state index in [4.69, 9.17) is 25.9 Å². The summed E-state index contributed by atoms with van der Waals surface area (Å²) in [5.41, 5.74) is 1.99. The van der Waals surface area contributed by atoms with Gasteiger partial charge in [0.25, 0.3) is 0 Å². The molecule has 0 aliphatic carbocycles. The molecule has 3 rings (SSSR count). The summed E-state index contributed by atoms with van der Waals surface area (Å²) in [6, 6.07) is 5.37. The van der Waals surface area contributed by atoms with Crippen molar-refractivity contribution in [1.82, 2.24) is 15.1 Å². The topological polar surface area (TPSA) is 106 Å². The number of halogens is 1. The molecule has 0 unspecified atom stereocenters. The van der Waals surface area contributed by atoms with Gasteiger partial charge in [0.1, 0.15) is 12.0 Å². The van der Waals surface area contributed by atoms with Crippen LogP contribution < -0.4 is 0 Å². The second kappa shape index (κ2) is 9.69. The monoisotopic (exact) mass is 427 g/mol. The summed E-state index contributed by atoms with van der Waals surface area (Å²) in [6.07, 6.45) is 1.93. The summed E-state index contributed by atoms with van der Waals surface area (Å²) >= 11 is 6.27. The number of aromatic nitrogens is 2. The Morgan fingerprint density at radius 1 is 1.23 bits per heavy atom. The third-order valence-corrected chi connectivity index (χ3v) is 4.36. The molecule has 1 aromatic heterocycles. The van der Waals surface area contributed by atoms with Gasteiger partial charge in [-0.15, -0.1) is 10.2 Å². The Morgan fingerprint density at radius 3 is 2.53 bits per heavy atom. The van der Waals surface area contributed by atoms with Crippen LogP contribution in [0.1, 0.15) is 38.6 Å². The second-order valence-corrected chi connectivity index (χ2v) is 8.14. The normalized spacial score (nSPS) is 14.0. The van der Waals surface area contributed by atoms with Crippen molar-refractivity contribution in [3.05, 3.63) is 40.8 Å². The number of nitrogens with zero attached hydrogens (tertiary/aromatic N) is 3. The molecule has 2 aromatic rings. The Balaban J connectivity index is 0.00000320. The zero-order valence-electron chi connectivity index (χ0n) is 16.4. The number of carbonyl (C=O) groups is 2. The zero-order chi connectivity index (χ0) is 21.2. The van der Waals surface area contributed by atoms with Crippen molar-refractivity contribution in [3.8, 4) is 11.5 Å². The first-order valence-electron chi connectivity index (χ1n) is 9.13. The van der Waals surface area contributed by atoms with Crippen LogP contribution in [0.3, 0.4) is 0 Å². The SMILES string of the molecule is CC(C)(C)OC(=O)N1CC=C(c2cc(Cl)cc(-c3nnc(CC(=O)O)o3)c2)CC1.[LiH]. The molecule has 0 bridgehead atoms. The molecule has 1 N–H and O–H groups in total. The molecule has 10 heteroatoms. The van der Waals surface area contributed by atoms with Gasteiger partial charge in [-0.2, -0.15) is 0 Å². The van der Waals surface area contributed by atoms with Crippen LogP contribution in [0.5, 0.6) is 0 Å². The third kappa shape index (κ3) is 6.36. The van der Waals surface area contributed by atoms with Gasteiger partial charge in [-0.1, -0.05) is 17.7 Å². The average molecular weight is 428 g/mol. The standard InChI is InChI=1S/C20H22ClN3O5.Li.H/c1-20(2,3)29-19(27)24-6-4-12(5-7-24)13-8-14(10-15(21)9-13)18-23-22-16(28-18)11-17(25)26;;/h4,8-10H,5-7,11H2,1-3H3,(H,25,26);;. The number of carboxylic acids is 1. The fraction of sp³-hybridized carbons (Fsp3) is 0.400. The van der Waals surface area contributed by atoms with Crippen LogP contribution in [-0.2, 0) is 16.0 Å². The van der Waals surface area contributed by atoms with Gasteiger partial charge in [0.05, 0.1) is 0 Å². The third-order valence-electron chi connectivity index (χ3n) is 4.15. The molecule has 2 heterocycles. The molecular formula is C20H23ClLiN3O5. The van der Waals surface area contributed by atoms with Crippen molar-refractivity contribution in [2.45, 2.75) is 39.2 Å². The summed E-state index contributed by atoms with van der Waals surface area (Å²) in [7, 11) is 0. The van der Waals surface area contributed by atoms with E-state index in [9.17, 15) is 9.59 Å². The number of benzene rings is 1. The van der Waals surface area contributed by atoms with Crippen molar-refractivity contribution >= 4 is 48.1 Å². The Hall–Kier alpha value is -2.27. The quantitative estimate of drug-likeness (QED) is 0.745. The van der Waals surface area contributed by atoms with Gasteiger partial charge in [-0.25, -0.2) is 4.79 Å². The Morgan fingerprint density at radius 2 is 1.93 bits per heavy atom. The van der Waals surface area contributed by atoms with Gasteiger partial charge in [0.15, 0.2) is 0 Å². The van der Waals surface area contributed by atoms with Crippen LogP contribution in [0, 0.1) is 0 Å². The van der Waals surface area contributed by atoms with E-state index in [1.807, 2.05) is 39.0 Å². The minimum atomic E-state index is -1.05. The van der Waals surface area contributed by atoms with Gasteiger partial charge in [0.2, 0.25) is 11.8 Å². The molecule has 30 heavy (non-hydrogen) atoms. The van der Waals surface area contributed by atoms with Crippen LogP contribution in [-0.4, -0.2) is 69.8 Å². The molecule has 156 valence electrons. The Kier molecular flexibility index (Phi) is 7.75. The number of hydrogen-bond acceptors (Lipinski definition) is 6. The molecule has 0 radical (unpaired) electrons. The maximum absolute atomic E-state index is 12.2. The van der Waals surface area contributed by atoms with E-state index in [1.165, 1.54) is 0 Å². The van der Waals surface area contributed by atoms with Crippen LogP contribution >= 0.6 is 11.6 Å². The van der Waals surface area contributed by atoms with Gasteiger partial charge in [-0.05, 0) is 56.5 Å². The molecule has 1 amide bonds. The summed E-state index contributed by atoms with van der Waals surface area (Å²) in [6.45, 7) is 6.48. The first-order valence-corrected chi connectivity index (χ1v) is 9.51. The number of carboxylic acid groups (broad SMARTS) is 1. The number of ether oxygens (including phenoxy) is 1. The fourth-order valence-corrected chi connectivity index (χ4v) is 3.13. The van der Waals surface area contributed by atoms with Crippen molar-refractivity contribution in [2.24, 2.45) is 0 Å². The van der Waals surface area contributed by atoms with Crippen molar-refractivity contribution in [1.29, 1.82) is 0 Å². The van der Waals surface area contributed by atoms with Crippen LogP contribution in [0.15, 0.2) is 28.7 Å². The van der Waals surface area contributed by atoms with E-state index >= 15 is 0 Å². The number of rotatable bonds is 4. The summed E-state index contributed by atoms with van der Waals surface area (Å²) < 4.78 is 10.8. The maximum atomic E-state index is 12.2. The summed E-state index contributed by atoms with van der Waals surface area (Å²) in [5.74, 6) is -0.815. The first-order chi connectivity index (χ1) is 13.6. The average Bonchev–Trinajstić information content (AvgIpc) is 3.07. The van der Waals surface area contributed by atoms with Crippen molar-refractivity contribution in [2.75, 3.05) is 13.1 Å². The van der Waals surface area contributed by atoms with Crippen molar-refractivity contribution < 1.29 is 23.8 Å².